The maximum atomic E-state index is 9.04. The van der Waals surface area contributed by atoms with Gasteiger partial charge in [0.2, 0.25) is 0 Å². The van der Waals surface area contributed by atoms with Crippen molar-refractivity contribution < 1.29 is 8.42 Å². The van der Waals surface area contributed by atoms with Crippen LogP contribution in [-0.2, 0) is 10.7 Å². The second-order valence-corrected chi connectivity index (χ2v) is 2.47. The molecule has 0 aromatic heterocycles. The second kappa shape index (κ2) is 6.29. The molecule has 0 fully saturated rings. The van der Waals surface area contributed by atoms with Gasteiger partial charge in [-0.1, -0.05) is 36.4 Å². The fourth-order valence-electron chi connectivity index (χ4n) is 0.385. The van der Waals surface area contributed by atoms with E-state index in [1.54, 1.807) is 0 Å². The lowest BCUT2D eigenvalue weighted by molar-refractivity contribution is 0.619. The lowest BCUT2D eigenvalue weighted by Gasteiger charge is -1.69. The highest BCUT2D eigenvalue weighted by atomic mass is 32.2. The molecule has 0 saturated heterocycles. The van der Waals surface area contributed by atoms with Gasteiger partial charge in [0, 0.05) is 6.26 Å². The molecule has 0 heterocycles. The van der Waals surface area contributed by atoms with Crippen molar-refractivity contribution in [3.05, 3.63) is 36.4 Å². The Morgan fingerprint density at radius 3 is 1.00 bits per heavy atom. The summed E-state index contributed by atoms with van der Waals surface area (Å²) in [5, 5.41) is 0. The minimum atomic E-state index is -2.12. The summed E-state index contributed by atoms with van der Waals surface area (Å²) >= 11 is 0. The zero-order chi connectivity index (χ0) is 7.82. The van der Waals surface area contributed by atoms with Crippen molar-refractivity contribution in [3.8, 4) is 0 Å². The monoisotopic (exact) mass is 158 g/mol. The molecule has 0 aliphatic rings. The minimum absolute atomic E-state index is 1.12. The molecule has 10 heavy (non-hydrogen) atoms. The van der Waals surface area contributed by atoms with Crippen LogP contribution in [0.1, 0.15) is 0 Å². The molecule has 0 aliphatic carbocycles. The summed E-state index contributed by atoms with van der Waals surface area (Å²) < 4.78 is 18.1. The van der Waals surface area contributed by atoms with Crippen molar-refractivity contribution in [2.45, 2.75) is 0 Å². The highest BCUT2D eigenvalue weighted by Gasteiger charge is 1.57. The first-order valence-corrected chi connectivity index (χ1v) is 4.44. The van der Waals surface area contributed by atoms with Gasteiger partial charge < -0.3 is 0 Å². The predicted molar refractivity (Wildman–Crippen MR) is 42.7 cm³/mol. The first-order valence-electron chi connectivity index (χ1n) is 2.81. The van der Waals surface area contributed by atoms with Crippen LogP contribution in [0.4, 0.5) is 0 Å². The SMILES string of the molecule is C[SH](=O)=O.c1ccccc1. The molecule has 56 valence electrons. The zero-order valence-corrected chi connectivity index (χ0v) is 6.62. The van der Waals surface area contributed by atoms with Crippen LogP contribution in [0, 0.1) is 0 Å². The first kappa shape index (κ1) is 9.17. The Balaban J connectivity index is 0.000000180. The Morgan fingerprint density at radius 1 is 0.800 bits per heavy atom. The van der Waals surface area contributed by atoms with Gasteiger partial charge in [-0.15, -0.1) is 0 Å². The van der Waals surface area contributed by atoms with E-state index in [9.17, 15) is 0 Å². The lowest BCUT2D eigenvalue weighted by Crippen LogP contribution is -1.56. The zero-order valence-electron chi connectivity index (χ0n) is 5.73. The van der Waals surface area contributed by atoms with Crippen molar-refractivity contribution in [1.82, 2.24) is 0 Å². The quantitative estimate of drug-likeness (QED) is 0.569. The molecule has 0 N–H and O–H groups in total. The molecule has 0 saturated carbocycles. The number of rotatable bonds is 0. The molecule has 0 bridgehead atoms. The van der Waals surface area contributed by atoms with Crippen LogP contribution in [-0.4, -0.2) is 14.7 Å². The maximum Gasteiger partial charge on any atom is 0.137 e. The summed E-state index contributed by atoms with van der Waals surface area (Å²) in [7, 11) is -2.12. The molecule has 3 heteroatoms. The largest absolute Gasteiger partial charge is 0.232 e. The Labute approximate surface area is 62.5 Å². The predicted octanol–water partition coefficient (Wildman–Crippen LogP) is 0.914. The van der Waals surface area contributed by atoms with Crippen LogP contribution in [0.5, 0.6) is 0 Å². The van der Waals surface area contributed by atoms with E-state index in [2.05, 4.69) is 0 Å². The smallest absolute Gasteiger partial charge is 0.137 e. The molecule has 1 rings (SSSR count). The highest BCUT2D eigenvalue weighted by Crippen LogP contribution is 1.79. The van der Waals surface area contributed by atoms with Crippen molar-refractivity contribution in [2.24, 2.45) is 0 Å². The fraction of sp³-hybridized carbons (Fsp3) is 0.143. The summed E-state index contributed by atoms with van der Waals surface area (Å²) in [6, 6.07) is 12.0. The average Bonchev–Trinajstić information content (AvgIpc) is 1.90. The highest BCUT2D eigenvalue weighted by molar-refractivity contribution is 7.71. The van der Waals surface area contributed by atoms with Crippen LogP contribution < -0.4 is 0 Å². The Kier molecular flexibility index (Phi) is 5.77. The van der Waals surface area contributed by atoms with Crippen molar-refractivity contribution in [3.63, 3.8) is 0 Å². The fourth-order valence-corrected chi connectivity index (χ4v) is 0.385. The van der Waals surface area contributed by atoms with E-state index in [1.807, 2.05) is 36.4 Å². The topological polar surface area (TPSA) is 34.1 Å². The van der Waals surface area contributed by atoms with E-state index in [0.29, 0.717) is 0 Å². The molecule has 0 atom stereocenters. The normalized spacial score (nSPS) is 8.20. The van der Waals surface area contributed by atoms with Gasteiger partial charge in [0.25, 0.3) is 0 Å². The van der Waals surface area contributed by atoms with Gasteiger partial charge in [-0.3, -0.25) is 0 Å². The van der Waals surface area contributed by atoms with Crippen LogP contribution in [0.15, 0.2) is 36.4 Å². The molecular weight excluding hydrogens is 148 g/mol. The number of benzene rings is 1. The molecule has 0 amide bonds. The van der Waals surface area contributed by atoms with Gasteiger partial charge in [-0.25, -0.2) is 8.42 Å². The number of hydrogen-bond acceptors (Lipinski definition) is 2. The lowest BCUT2D eigenvalue weighted by atomic mass is 10.4. The van der Waals surface area contributed by atoms with Gasteiger partial charge in [0.1, 0.15) is 10.7 Å². The average molecular weight is 158 g/mol. The Hall–Kier alpha value is -0.830. The summed E-state index contributed by atoms with van der Waals surface area (Å²) in [5.41, 5.74) is 0. The summed E-state index contributed by atoms with van der Waals surface area (Å²) in [6.07, 6.45) is 1.12. The van der Waals surface area contributed by atoms with Gasteiger partial charge in [0.05, 0.1) is 0 Å². The molecule has 1 aromatic rings. The van der Waals surface area contributed by atoms with E-state index in [0.717, 1.165) is 6.26 Å². The molecule has 0 radical (unpaired) electrons. The Bertz CT molecular complexity index is 182. The third-order valence-electron chi connectivity index (χ3n) is 0.667. The molecule has 1 aromatic carbocycles. The maximum absolute atomic E-state index is 9.04. The van der Waals surface area contributed by atoms with E-state index in [1.165, 1.54) is 0 Å². The molecule has 0 unspecified atom stereocenters. The van der Waals surface area contributed by atoms with Gasteiger partial charge in [0.15, 0.2) is 0 Å². The third kappa shape index (κ3) is 10.2. The minimum Gasteiger partial charge on any atom is -0.232 e. The van der Waals surface area contributed by atoms with Crippen LogP contribution >= 0.6 is 0 Å². The van der Waals surface area contributed by atoms with E-state index < -0.39 is 10.7 Å². The van der Waals surface area contributed by atoms with Crippen molar-refractivity contribution >= 4 is 10.7 Å². The molecular formula is C7H10O2S. The second-order valence-electron chi connectivity index (χ2n) is 1.59. The molecule has 2 nitrogen and oxygen atoms in total. The number of hydrogen-bond donors (Lipinski definition) is 1. The summed E-state index contributed by atoms with van der Waals surface area (Å²) in [6.45, 7) is 0. The van der Waals surface area contributed by atoms with E-state index in [4.69, 9.17) is 8.42 Å². The first-order chi connectivity index (χ1) is 4.73. The third-order valence-corrected chi connectivity index (χ3v) is 0.667. The summed E-state index contributed by atoms with van der Waals surface area (Å²) in [4.78, 5) is 0. The van der Waals surface area contributed by atoms with Crippen LogP contribution in [0.3, 0.4) is 0 Å². The Morgan fingerprint density at radius 2 is 0.900 bits per heavy atom. The van der Waals surface area contributed by atoms with Crippen LogP contribution in [0.2, 0.25) is 0 Å². The van der Waals surface area contributed by atoms with Gasteiger partial charge in [-0.2, -0.15) is 0 Å². The molecule has 0 aliphatic heterocycles. The molecule has 0 spiro atoms. The van der Waals surface area contributed by atoms with Crippen molar-refractivity contribution in [1.29, 1.82) is 0 Å². The van der Waals surface area contributed by atoms with Crippen molar-refractivity contribution in [2.75, 3.05) is 6.26 Å². The van der Waals surface area contributed by atoms with Gasteiger partial charge >= 0.3 is 0 Å². The van der Waals surface area contributed by atoms with Gasteiger partial charge in [-0.05, 0) is 0 Å². The van der Waals surface area contributed by atoms with E-state index >= 15 is 0 Å². The van der Waals surface area contributed by atoms with E-state index in [-0.39, 0.29) is 0 Å². The van der Waals surface area contributed by atoms with Crippen LogP contribution in [0.25, 0.3) is 0 Å². The number of thiol groups is 1. The summed E-state index contributed by atoms with van der Waals surface area (Å²) in [5.74, 6) is 0. The standard InChI is InChI=1S/C6H6.CH4O2S/c1-2-4-6-5-3-1;1-4(2)3/h1-6H;4H,1H3.